The molecule has 0 aliphatic heterocycles. The Hall–Kier alpha value is -1.78. The average Bonchev–Trinajstić information content (AvgIpc) is 2.17. The molecule has 1 aromatic heterocycles. The smallest absolute Gasteiger partial charge is 0.232 e. The molecule has 0 N–H and O–H groups in total. The maximum absolute atomic E-state index is 8.64. The lowest BCUT2D eigenvalue weighted by molar-refractivity contribution is 0.396. The summed E-state index contributed by atoms with van der Waals surface area (Å²) in [7, 11) is 1.38. The van der Waals surface area contributed by atoms with Crippen molar-refractivity contribution in [3.8, 4) is 18.0 Å². The van der Waals surface area contributed by atoms with Gasteiger partial charge in [0.2, 0.25) is 5.88 Å². The Morgan fingerprint density at radius 3 is 2.46 bits per heavy atom. The molecule has 1 rings (SSSR count). The van der Waals surface area contributed by atoms with Gasteiger partial charge in [-0.05, 0) is 6.07 Å². The molecule has 1 aromatic rings. The summed E-state index contributed by atoms with van der Waals surface area (Å²) in [5.74, 6) is 0.131. The van der Waals surface area contributed by atoms with Crippen LogP contribution in [0.1, 0.15) is 11.1 Å². The number of hydrogen-bond acceptors (Lipinski definition) is 4. The molecule has 0 amide bonds. The first-order valence-corrected chi connectivity index (χ1v) is 3.65. The normalized spacial score (nSPS) is 8.62. The molecule has 0 radical (unpaired) electrons. The number of halogens is 1. The van der Waals surface area contributed by atoms with Gasteiger partial charge in [0.1, 0.15) is 17.7 Å². The van der Waals surface area contributed by atoms with Crippen LogP contribution in [0.3, 0.4) is 0 Å². The molecule has 0 aliphatic rings. The van der Waals surface area contributed by atoms with Crippen LogP contribution < -0.4 is 4.74 Å². The third-order valence-corrected chi connectivity index (χ3v) is 1.66. The van der Waals surface area contributed by atoms with Crippen LogP contribution in [0.2, 0.25) is 5.15 Å². The number of nitrogens with zero attached hydrogens (tertiary/aromatic N) is 3. The Bertz CT molecular complexity index is 417. The second-order valence-electron chi connectivity index (χ2n) is 2.11. The van der Waals surface area contributed by atoms with Crippen LogP contribution in [0.5, 0.6) is 5.88 Å². The van der Waals surface area contributed by atoms with Crippen molar-refractivity contribution in [3.63, 3.8) is 0 Å². The highest BCUT2D eigenvalue weighted by atomic mass is 35.5. The van der Waals surface area contributed by atoms with E-state index in [9.17, 15) is 0 Å². The topological polar surface area (TPSA) is 69.7 Å². The summed E-state index contributed by atoms with van der Waals surface area (Å²) >= 11 is 5.61. The Labute approximate surface area is 79.9 Å². The zero-order chi connectivity index (χ0) is 9.84. The van der Waals surface area contributed by atoms with Gasteiger partial charge in [0.05, 0.1) is 12.7 Å². The van der Waals surface area contributed by atoms with Gasteiger partial charge in [-0.1, -0.05) is 11.6 Å². The molecule has 0 saturated carbocycles. The summed E-state index contributed by atoms with van der Waals surface area (Å²) in [5.41, 5.74) is 0.363. The SMILES string of the molecule is COc1nc(Cl)c(C#N)cc1C#N. The van der Waals surface area contributed by atoms with Gasteiger partial charge in [-0.2, -0.15) is 15.5 Å². The Kier molecular flexibility index (Phi) is 2.69. The highest BCUT2D eigenvalue weighted by molar-refractivity contribution is 6.30. The molecule has 64 valence electrons. The lowest BCUT2D eigenvalue weighted by Crippen LogP contribution is -1.94. The number of aromatic nitrogens is 1. The molecule has 0 bridgehead atoms. The van der Waals surface area contributed by atoms with E-state index in [1.165, 1.54) is 13.2 Å². The largest absolute Gasteiger partial charge is 0.480 e. The minimum atomic E-state index is 0.0401. The van der Waals surface area contributed by atoms with Crippen molar-refractivity contribution >= 4 is 11.6 Å². The summed E-state index contributed by atoms with van der Waals surface area (Å²) in [6.07, 6.45) is 0. The molecule has 0 unspecified atom stereocenters. The maximum Gasteiger partial charge on any atom is 0.232 e. The minimum absolute atomic E-state index is 0.0401. The van der Waals surface area contributed by atoms with Crippen molar-refractivity contribution in [2.24, 2.45) is 0 Å². The summed E-state index contributed by atoms with van der Waals surface area (Å²) in [5, 5.41) is 17.3. The maximum atomic E-state index is 8.64. The fourth-order valence-corrected chi connectivity index (χ4v) is 0.963. The van der Waals surface area contributed by atoms with Gasteiger partial charge in [-0.3, -0.25) is 0 Å². The second kappa shape index (κ2) is 3.75. The number of nitriles is 2. The van der Waals surface area contributed by atoms with Crippen LogP contribution >= 0.6 is 11.6 Å². The van der Waals surface area contributed by atoms with Gasteiger partial charge in [0.25, 0.3) is 0 Å². The molecule has 0 atom stereocenters. The van der Waals surface area contributed by atoms with Crippen molar-refractivity contribution in [1.82, 2.24) is 4.98 Å². The fraction of sp³-hybridized carbons (Fsp3) is 0.125. The predicted octanol–water partition coefficient (Wildman–Crippen LogP) is 1.49. The first kappa shape index (κ1) is 9.31. The van der Waals surface area contributed by atoms with Gasteiger partial charge in [-0.25, -0.2) is 0 Å². The van der Waals surface area contributed by atoms with Crippen molar-refractivity contribution in [3.05, 3.63) is 22.3 Å². The Morgan fingerprint density at radius 2 is 2.00 bits per heavy atom. The van der Waals surface area contributed by atoms with Crippen LogP contribution in [-0.4, -0.2) is 12.1 Å². The number of hydrogen-bond donors (Lipinski definition) is 0. The van der Waals surface area contributed by atoms with Crippen LogP contribution in [-0.2, 0) is 0 Å². The molecule has 1 heterocycles. The van der Waals surface area contributed by atoms with Crippen molar-refractivity contribution in [2.75, 3.05) is 7.11 Å². The number of methoxy groups -OCH3 is 1. The van der Waals surface area contributed by atoms with Crippen molar-refractivity contribution < 1.29 is 4.74 Å². The first-order chi connectivity index (χ1) is 6.22. The van der Waals surface area contributed by atoms with E-state index in [-0.39, 0.29) is 22.2 Å². The van der Waals surface area contributed by atoms with E-state index in [2.05, 4.69) is 4.98 Å². The highest BCUT2D eigenvalue weighted by Gasteiger charge is 2.09. The highest BCUT2D eigenvalue weighted by Crippen LogP contribution is 2.21. The number of rotatable bonds is 1. The van der Waals surface area contributed by atoms with Gasteiger partial charge < -0.3 is 4.74 Å². The summed E-state index contributed by atoms with van der Waals surface area (Å²) in [6.45, 7) is 0. The minimum Gasteiger partial charge on any atom is -0.480 e. The van der Waals surface area contributed by atoms with Crippen molar-refractivity contribution in [2.45, 2.75) is 0 Å². The van der Waals surface area contributed by atoms with Crippen LogP contribution in [0.25, 0.3) is 0 Å². The van der Waals surface area contributed by atoms with Gasteiger partial charge in [0.15, 0.2) is 5.15 Å². The van der Waals surface area contributed by atoms with E-state index < -0.39 is 0 Å². The zero-order valence-corrected chi connectivity index (χ0v) is 7.46. The zero-order valence-electron chi connectivity index (χ0n) is 6.71. The molecule has 0 spiro atoms. The van der Waals surface area contributed by atoms with Crippen molar-refractivity contribution in [1.29, 1.82) is 10.5 Å². The first-order valence-electron chi connectivity index (χ1n) is 3.27. The monoisotopic (exact) mass is 193 g/mol. The molecule has 5 heteroatoms. The fourth-order valence-electron chi connectivity index (χ4n) is 0.789. The predicted molar refractivity (Wildman–Crippen MR) is 45.2 cm³/mol. The second-order valence-corrected chi connectivity index (χ2v) is 2.47. The molecular weight excluding hydrogens is 190 g/mol. The molecule has 0 aromatic carbocycles. The van der Waals surface area contributed by atoms with Gasteiger partial charge >= 0.3 is 0 Å². The Balaban J connectivity index is 3.39. The summed E-state index contributed by atoms with van der Waals surface area (Å²) in [6, 6.07) is 5.01. The third-order valence-electron chi connectivity index (χ3n) is 1.38. The standard InChI is InChI=1S/C8H4ClN3O/c1-13-8-6(4-11)2-5(3-10)7(9)12-8/h2H,1H3. The molecule has 0 aliphatic carbocycles. The van der Waals surface area contributed by atoms with E-state index in [1.807, 2.05) is 12.1 Å². The van der Waals surface area contributed by atoms with Crippen LogP contribution in [0, 0.1) is 22.7 Å². The Morgan fingerprint density at radius 1 is 1.38 bits per heavy atom. The quantitative estimate of drug-likeness (QED) is 0.634. The van der Waals surface area contributed by atoms with Gasteiger partial charge in [0, 0.05) is 0 Å². The number of pyridine rings is 1. The molecule has 0 fully saturated rings. The van der Waals surface area contributed by atoms with E-state index in [4.69, 9.17) is 26.9 Å². The van der Waals surface area contributed by atoms with E-state index in [0.29, 0.717) is 0 Å². The lowest BCUT2D eigenvalue weighted by Gasteiger charge is -2.01. The molecule has 13 heavy (non-hydrogen) atoms. The third kappa shape index (κ3) is 1.69. The van der Waals surface area contributed by atoms with Crippen LogP contribution in [0.15, 0.2) is 6.07 Å². The lowest BCUT2D eigenvalue weighted by atomic mass is 10.2. The van der Waals surface area contributed by atoms with E-state index in [0.717, 1.165) is 0 Å². The molecule has 0 saturated heterocycles. The number of ether oxygens (including phenoxy) is 1. The van der Waals surface area contributed by atoms with E-state index >= 15 is 0 Å². The van der Waals surface area contributed by atoms with E-state index in [1.54, 1.807) is 0 Å². The summed E-state index contributed by atoms with van der Waals surface area (Å²) < 4.78 is 4.79. The summed E-state index contributed by atoms with van der Waals surface area (Å²) in [4.78, 5) is 3.73. The average molecular weight is 194 g/mol. The van der Waals surface area contributed by atoms with Crippen LogP contribution in [0.4, 0.5) is 0 Å². The molecule has 4 nitrogen and oxygen atoms in total. The molecular formula is C8H4ClN3O. The van der Waals surface area contributed by atoms with Gasteiger partial charge in [-0.15, -0.1) is 0 Å².